The molecule has 0 atom stereocenters. The van der Waals surface area contributed by atoms with Gasteiger partial charge in [-0.15, -0.1) is 0 Å². The number of nitrogens with one attached hydrogen (secondary N) is 2. The number of amides is 1. The van der Waals surface area contributed by atoms with Crippen LogP contribution < -0.4 is 10.6 Å². The van der Waals surface area contributed by atoms with Crippen LogP contribution in [0.3, 0.4) is 0 Å². The highest BCUT2D eigenvalue weighted by Gasteiger charge is 2.17. The van der Waals surface area contributed by atoms with Crippen molar-refractivity contribution in [3.05, 3.63) is 53.2 Å². The molecular formula is C18H19N5O4. The molecule has 27 heavy (non-hydrogen) atoms. The van der Waals surface area contributed by atoms with Gasteiger partial charge in [-0.1, -0.05) is 5.16 Å². The molecule has 4 rings (SSSR count). The summed E-state index contributed by atoms with van der Waals surface area (Å²) < 4.78 is 5.11. The van der Waals surface area contributed by atoms with Gasteiger partial charge in [-0.3, -0.25) is 14.6 Å². The molecule has 0 saturated carbocycles. The number of nitrogens with zero attached hydrogens (tertiary/aromatic N) is 3. The van der Waals surface area contributed by atoms with Crippen LogP contribution in [-0.2, 0) is 24.3 Å². The maximum absolute atomic E-state index is 12.3. The molecule has 1 aliphatic rings. The lowest BCUT2D eigenvalue weighted by atomic mass is 10.1. The first kappa shape index (κ1) is 18.5. The molecule has 1 aliphatic heterocycles. The van der Waals surface area contributed by atoms with Gasteiger partial charge in [-0.2, -0.15) is 0 Å². The summed E-state index contributed by atoms with van der Waals surface area (Å²) in [7, 11) is 0. The molecule has 0 saturated heterocycles. The molecule has 4 heterocycles. The molecule has 140 valence electrons. The Morgan fingerprint density at radius 2 is 2.19 bits per heavy atom. The Morgan fingerprint density at radius 3 is 3.00 bits per heavy atom. The first-order valence-electron chi connectivity index (χ1n) is 8.40. The minimum Gasteiger partial charge on any atom is -0.481 e. The van der Waals surface area contributed by atoms with Gasteiger partial charge in [-0.25, -0.2) is 4.98 Å². The van der Waals surface area contributed by atoms with Crippen molar-refractivity contribution in [2.24, 2.45) is 0 Å². The summed E-state index contributed by atoms with van der Waals surface area (Å²) in [5, 5.41) is 18.0. The number of carbonyl (C=O) groups excluding carboxylic acids is 1. The van der Waals surface area contributed by atoms with Gasteiger partial charge >= 0.3 is 0 Å². The van der Waals surface area contributed by atoms with Gasteiger partial charge in [0.2, 0.25) is 11.4 Å². The quantitative estimate of drug-likeness (QED) is 0.629. The number of fused-ring (bicyclic) bond motifs is 2. The topological polar surface area (TPSA) is 130 Å². The van der Waals surface area contributed by atoms with E-state index in [1.807, 2.05) is 6.20 Å². The zero-order valence-electron chi connectivity index (χ0n) is 14.7. The normalized spacial score (nSPS) is 12.6. The van der Waals surface area contributed by atoms with Gasteiger partial charge in [0.05, 0.1) is 5.39 Å². The Bertz CT molecular complexity index is 965. The predicted octanol–water partition coefficient (Wildman–Crippen LogP) is 1.28. The minimum atomic E-state index is -0.833. The van der Waals surface area contributed by atoms with E-state index in [2.05, 4.69) is 31.8 Å². The molecule has 1 amide bonds. The second kappa shape index (κ2) is 8.37. The van der Waals surface area contributed by atoms with Crippen LogP contribution in [0.1, 0.15) is 34.3 Å². The first-order chi connectivity index (χ1) is 13.0. The van der Waals surface area contributed by atoms with Crippen LogP contribution in [0.15, 0.2) is 35.1 Å². The van der Waals surface area contributed by atoms with Crippen LogP contribution in [0.5, 0.6) is 0 Å². The van der Waals surface area contributed by atoms with Crippen LogP contribution in [0.4, 0.5) is 0 Å². The maximum Gasteiger partial charge on any atom is 0.300 e. The summed E-state index contributed by atoms with van der Waals surface area (Å²) in [6.45, 7) is 3.26. The summed E-state index contributed by atoms with van der Waals surface area (Å²) >= 11 is 0. The van der Waals surface area contributed by atoms with Crippen molar-refractivity contribution >= 4 is 22.9 Å². The average molecular weight is 369 g/mol. The van der Waals surface area contributed by atoms with E-state index in [4.69, 9.17) is 14.4 Å². The lowest BCUT2D eigenvalue weighted by Gasteiger charge is -2.16. The molecule has 0 radical (unpaired) electrons. The van der Waals surface area contributed by atoms with Crippen molar-refractivity contribution in [2.45, 2.75) is 26.4 Å². The average Bonchev–Trinajstić information content (AvgIpc) is 3.10. The third-order valence-electron chi connectivity index (χ3n) is 3.88. The number of carbonyl (C=O) groups is 2. The van der Waals surface area contributed by atoms with Gasteiger partial charge in [0.1, 0.15) is 0 Å². The molecule has 3 aromatic heterocycles. The van der Waals surface area contributed by atoms with Crippen molar-refractivity contribution in [1.82, 2.24) is 25.8 Å². The maximum atomic E-state index is 12.3. The van der Waals surface area contributed by atoms with Gasteiger partial charge < -0.3 is 20.3 Å². The molecular weight excluding hydrogens is 350 g/mol. The molecule has 0 spiro atoms. The fraction of sp³-hybridized carbons (Fsp3) is 0.278. The molecule has 3 aromatic rings. The number of aliphatic carboxylic acids is 1. The summed E-state index contributed by atoms with van der Waals surface area (Å²) in [5.74, 6) is -0.961. The Morgan fingerprint density at radius 1 is 1.37 bits per heavy atom. The molecule has 0 fully saturated rings. The Balaban J connectivity index is 0.000000481. The van der Waals surface area contributed by atoms with Crippen LogP contribution in [0.2, 0.25) is 0 Å². The standard InChI is InChI=1S/C16H15N5O2.C2H4O2/c22-16(14-12-2-1-4-18-15(12)21-23-14)20-8-10-6-11-9-17-5-3-13(11)19-7-10;1-2(3)4/h1-2,4,6-7,17H,3,5,8-9H2,(H,20,22);1H3,(H,3,4). The SMILES string of the molecule is CC(=O)O.O=C(NCc1cnc2c(c1)CNCC2)c1onc2ncccc12. The highest BCUT2D eigenvalue weighted by molar-refractivity contribution is 6.02. The smallest absolute Gasteiger partial charge is 0.300 e. The molecule has 9 heteroatoms. The molecule has 0 unspecified atom stereocenters. The highest BCUT2D eigenvalue weighted by atomic mass is 16.5. The monoisotopic (exact) mass is 369 g/mol. The molecule has 0 aliphatic carbocycles. The van der Waals surface area contributed by atoms with Crippen molar-refractivity contribution < 1.29 is 19.2 Å². The van der Waals surface area contributed by atoms with Gasteiger partial charge in [0, 0.05) is 51.1 Å². The number of carboxylic acid groups (broad SMARTS) is 1. The molecule has 9 nitrogen and oxygen atoms in total. The first-order valence-corrected chi connectivity index (χ1v) is 8.40. The van der Waals surface area contributed by atoms with Gasteiger partial charge in [0.25, 0.3) is 11.9 Å². The second-order valence-corrected chi connectivity index (χ2v) is 5.96. The van der Waals surface area contributed by atoms with Gasteiger partial charge in [0.15, 0.2) is 0 Å². The number of aromatic nitrogens is 3. The van der Waals surface area contributed by atoms with E-state index in [0.717, 1.165) is 37.7 Å². The van der Waals surface area contributed by atoms with Crippen molar-refractivity contribution in [1.29, 1.82) is 0 Å². The third kappa shape index (κ3) is 4.64. The van der Waals surface area contributed by atoms with Crippen molar-refractivity contribution in [3.63, 3.8) is 0 Å². The number of rotatable bonds is 3. The Kier molecular flexibility index (Phi) is 5.72. The molecule has 3 N–H and O–H groups in total. The van der Waals surface area contributed by atoms with E-state index in [1.165, 1.54) is 5.56 Å². The van der Waals surface area contributed by atoms with Crippen molar-refractivity contribution in [2.75, 3.05) is 6.54 Å². The number of hydrogen-bond donors (Lipinski definition) is 3. The van der Waals surface area contributed by atoms with E-state index in [1.54, 1.807) is 18.3 Å². The zero-order chi connectivity index (χ0) is 19.2. The van der Waals surface area contributed by atoms with Crippen LogP contribution in [0, 0.1) is 0 Å². The van der Waals surface area contributed by atoms with E-state index < -0.39 is 5.97 Å². The number of pyridine rings is 2. The summed E-state index contributed by atoms with van der Waals surface area (Å²) in [6, 6.07) is 5.59. The molecule has 0 aromatic carbocycles. The lowest BCUT2D eigenvalue weighted by molar-refractivity contribution is -0.134. The van der Waals surface area contributed by atoms with Crippen molar-refractivity contribution in [3.8, 4) is 0 Å². The van der Waals surface area contributed by atoms with Crippen LogP contribution >= 0.6 is 0 Å². The summed E-state index contributed by atoms with van der Waals surface area (Å²) in [4.78, 5) is 29.8. The number of hydrogen-bond acceptors (Lipinski definition) is 7. The largest absolute Gasteiger partial charge is 0.481 e. The minimum absolute atomic E-state index is 0.181. The van der Waals surface area contributed by atoms with E-state index in [-0.39, 0.29) is 11.7 Å². The van der Waals surface area contributed by atoms with Gasteiger partial charge in [-0.05, 0) is 29.3 Å². The molecule has 0 bridgehead atoms. The Hall–Kier alpha value is -3.33. The summed E-state index contributed by atoms with van der Waals surface area (Å²) in [5.41, 5.74) is 3.71. The predicted molar refractivity (Wildman–Crippen MR) is 95.9 cm³/mol. The van der Waals surface area contributed by atoms with E-state index >= 15 is 0 Å². The zero-order valence-corrected chi connectivity index (χ0v) is 14.7. The second-order valence-electron chi connectivity index (χ2n) is 5.96. The fourth-order valence-electron chi connectivity index (χ4n) is 2.70. The lowest BCUT2D eigenvalue weighted by Crippen LogP contribution is -2.26. The highest BCUT2D eigenvalue weighted by Crippen LogP contribution is 2.16. The summed E-state index contributed by atoms with van der Waals surface area (Å²) in [6.07, 6.45) is 4.36. The van der Waals surface area contributed by atoms with E-state index in [0.29, 0.717) is 17.6 Å². The van der Waals surface area contributed by atoms with Crippen LogP contribution in [-0.4, -0.2) is 38.7 Å². The van der Waals surface area contributed by atoms with E-state index in [9.17, 15) is 4.79 Å². The third-order valence-corrected chi connectivity index (χ3v) is 3.88. The van der Waals surface area contributed by atoms with Crippen LogP contribution in [0.25, 0.3) is 11.0 Å². The fourth-order valence-corrected chi connectivity index (χ4v) is 2.70. The Labute approximate surface area is 154 Å². The number of carboxylic acids is 1.